The Morgan fingerprint density at radius 1 is 1.00 bits per heavy atom. The highest BCUT2D eigenvalue weighted by Gasteiger charge is 2.40. The first-order valence-electron chi connectivity index (χ1n) is 13.4. The Labute approximate surface area is 218 Å². The second-order valence-corrected chi connectivity index (χ2v) is 10.0. The van der Waals surface area contributed by atoms with Crippen molar-refractivity contribution in [1.29, 1.82) is 0 Å². The number of hydrogen-bond acceptors (Lipinski definition) is 6. The average Bonchev–Trinajstić information content (AvgIpc) is 3.46. The van der Waals surface area contributed by atoms with Crippen LogP contribution in [-0.2, 0) is 14.3 Å². The molecule has 0 spiro atoms. The predicted octanol–water partition coefficient (Wildman–Crippen LogP) is 4.03. The summed E-state index contributed by atoms with van der Waals surface area (Å²) in [5.74, 6) is 1.36. The van der Waals surface area contributed by atoms with Crippen molar-refractivity contribution < 1.29 is 28.5 Å². The van der Waals surface area contributed by atoms with Crippen molar-refractivity contribution in [3.05, 3.63) is 54.1 Å². The summed E-state index contributed by atoms with van der Waals surface area (Å²) in [6.07, 6.45) is 6.08. The number of para-hydroxylation sites is 2. The number of rotatable bonds is 8. The summed E-state index contributed by atoms with van der Waals surface area (Å²) in [4.78, 5) is 29.6. The molecule has 2 aliphatic heterocycles. The Balaban J connectivity index is 1.46. The molecule has 1 aliphatic carbocycles. The van der Waals surface area contributed by atoms with Gasteiger partial charge in [-0.15, -0.1) is 0 Å². The van der Waals surface area contributed by atoms with Gasteiger partial charge in [0, 0.05) is 19.2 Å². The van der Waals surface area contributed by atoms with Gasteiger partial charge in [0.25, 0.3) is 5.91 Å². The van der Waals surface area contributed by atoms with E-state index in [2.05, 4.69) is 5.32 Å². The molecule has 1 saturated heterocycles. The van der Waals surface area contributed by atoms with Gasteiger partial charge >= 0.3 is 0 Å². The third-order valence-corrected chi connectivity index (χ3v) is 7.43. The van der Waals surface area contributed by atoms with Crippen molar-refractivity contribution in [2.24, 2.45) is 0 Å². The number of methoxy groups -OCH3 is 1. The number of fused-ring (bicyclic) bond motifs is 1. The molecule has 2 aromatic rings. The Morgan fingerprint density at radius 3 is 2.46 bits per heavy atom. The fourth-order valence-corrected chi connectivity index (χ4v) is 5.44. The minimum atomic E-state index is -0.862. The predicted molar refractivity (Wildman–Crippen MR) is 138 cm³/mol. The smallest absolute Gasteiger partial charge is 0.268 e. The molecular weight excluding hydrogens is 472 g/mol. The maximum atomic E-state index is 14.1. The molecule has 0 radical (unpaired) electrons. The molecule has 1 N–H and O–H groups in total. The van der Waals surface area contributed by atoms with Crippen LogP contribution in [0.5, 0.6) is 17.2 Å². The number of amides is 2. The number of ether oxygens (including phenoxy) is 4. The van der Waals surface area contributed by atoms with Crippen molar-refractivity contribution in [2.75, 3.05) is 26.9 Å². The van der Waals surface area contributed by atoms with Gasteiger partial charge < -0.3 is 29.2 Å². The van der Waals surface area contributed by atoms with Crippen molar-refractivity contribution in [2.45, 2.75) is 69.2 Å². The second kappa shape index (κ2) is 11.9. The molecule has 198 valence electrons. The number of nitrogens with zero attached hydrogens (tertiary/aromatic N) is 1. The topological polar surface area (TPSA) is 86.3 Å². The van der Waals surface area contributed by atoms with E-state index in [9.17, 15) is 9.59 Å². The van der Waals surface area contributed by atoms with Crippen molar-refractivity contribution in [1.82, 2.24) is 10.2 Å². The van der Waals surface area contributed by atoms with E-state index in [0.29, 0.717) is 30.4 Å². The first-order valence-corrected chi connectivity index (χ1v) is 13.4. The van der Waals surface area contributed by atoms with Gasteiger partial charge in [0.15, 0.2) is 11.5 Å². The number of benzene rings is 2. The zero-order chi connectivity index (χ0) is 25.6. The first kappa shape index (κ1) is 25.4. The number of carbonyl (C=O) groups is 2. The minimum absolute atomic E-state index is 0.0808. The molecular formula is C29H36N2O6. The van der Waals surface area contributed by atoms with Crippen LogP contribution >= 0.6 is 0 Å². The van der Waals surface area contributed by atoms with Crippen molar-refractivity contribution in [3.63, 3.8) is 0 Å². The lowest BCUT2D eigenvalue weighted by Crippen LogP contribution is -2.54. The van der Waals surface area contributed by atoms with E-state index < -0.39 is 12.1 Å². The summed E-state index contributed by atoms with van der Waals surface area (Å²) in [5.41, 5.74) is 0.720. The lowest BCUT2D eigenvalue weighted by molar-refractivity contribution is -0.150. The molecule has 2 aromatic carbocycles. The van der Waals surface area contributed by atoms with Gasteiger partial charge in [-0.3, -0.25) is 9.59 Å². The molecule has 5 rings (SSSR count). The quantitative estimate of drug-likeness (QED) is 0.580. The molecule has 3 atom stereocenters. The lowest BCUT2D eigenvalue weighted by atomic mass is 9.94. The van der Waals surface area contributed by atoms with Crippen LogP contribution in [0.4, 0.5) is 0 Å². The Hall–Kier alpha value is -3.26. The maximum Gasteiger partial charge on any atom is 0.268 e. The summed E-state index contributed by atoms with van der Waals surface area (Å²) >= 11 is 0. The molecule has 2 heterocycles. The van der Waals surface area contributed by atoms with Crippen LogP contribution in [0.25, 0.3) is 0 Å². The highest BCUT2D eigenvalue weighted by atomic mass is 16.6. The van der Waals surface area contributed by atoms with Crippen LogP contribution in [0.3, 0.4) is 0 Å². The molecule has 0 aromatic heterocycles. The number of nitrogens with one attached hydrogen (secondary N) is 1. The summed E-state index contributed by atoms with van der Waals surface area (Å²) in [6, 6.07) is 13.9. The number of carbonyl (C=O) groups excluding carboxylic acids is 2. The summed E-state index contributed by atoms with van der Waals surface area (Å²) in [7, 11) is 1.60. The largest absolute Gasteiger partial charge is 0.497 e. The number of hydrogen-bond donors (Lipinski definition) is 1. The van der Waals surface area contributed by atoms with E-state index in [1.807, 2.05) is 42.5 Å². The molecule has 2 amide bonds. The molecule has 8 heteroatoms. The van der Waals surface area contributed by atoms with Gasteiger partial charge in [0.2, 0.25) is 12.0 Å². The van der Waals surface area contributed by atoms with E-state index in [1.54, 1.807) is 18.1 Å². The fraction of sp³-hybridized carbons (Fsp3) is 0.517. The highest BCUT2D eigenvalue weighted by Crippen LogP contribution is 2.33. The third-order valence-electron chi connectivity index (χ3n) is 7.43. The second-order valence-electron chi connectivity index (χ2n) is 10.0. The zero-order valence-corrected chi connectivity index (χ0v) is 21.4. The Kier molecular flexibility index (Phi) is 8.14. The molecule has 1 saturated carbocycles. The standard InChI is InChI=1S/C29H36N2O6/c1-34-22-15-13-20(14-16-22)27(28(32)30-21-8-3-2-4-9-21)31(18-23-10-7-17-35-23)29(33)26-19-36-24-11-5-6-12-25(24)37-26/h5-6,11-16,21,23,26-27H,2-4,7-10,17-19H2,1H3,(H,30,32)/t23-,26+,27+/m0/s1. The van der Waals surface area contributed by atoms with Gasteiger partial charge in [-0.2, -0.15) is 0 Å². The van der Waals surface area contributed by atoms with E-state index >= 15 is 0 Å². The maximum absolute atomic E-state index is 14.1. The van der Waals surface area contributed by atoms with E-state index in [1.165, 1.54) is 6.42 Å². The van der Waals surface area contributed by atoms with Gasteiger partial charge in [-0.05, 0) is 55.5 Å². The van der Waals surface area contributed by atoms with Crippen LogP contribution in [-0.4, -0.2) is 61.8 Å². The zero-order valence-electron chi connectivity index (χ0n) is 21.4. The summed E-state index contributed by atoms with van der Waals surface area (Å²) in [5, 5.41) is 3.25. The molecule has 0 bridgehead atoms. The van der Waals surface area contributed by atoms with Crippen LogP contribution in [0, 0.1) is 0 Å². The highest BCUT2D eigenvalue weighted by molar-refractivity contribution is 5.91. The van der Waals surface area contributed by atoms with Crippen LogP contribution in [0.1, 0.15) is 56.6 Å². The third kappa shape index (κ3) is 6.01. The van der Waals surface area contributed by atoms with Crippen LogP contribution in [0.2, 0.25) is 0 Å². The van der Waals surface area contributed by atoms with E-state index in [4.69, 9.17) is 18.9 Å². The van der Waals surface area contributed by atoms with E-state index in [-0.39, 0.29) is 30.6 Å². The molecule has 3 aliphatic rings. The SMILES string of the molecule is COc1ccc([C@H](C(=O)NC2CCCCC2)N(C[C@@H]2CCCO2)C(=O)[C@H]2COc3ccccc3O2)cc1. The van der Waals surface area contributed by atoms with Crippen molar-refractivity contribution >= 4 is 11.8 Å². The normalized spacial score (nSPS) is 22.2. The van der Waals surface area contributed by atoms with Gasteiger partial charge in [0.1, 0.15) is 18.4 Å². The van der Waals surface area contributed by atoms with Gasteiger partial charge in [0.05, 0.1) is 13.2 Å². The summed E-state index contributed by atoms with van der Waals surface area (Å²) in [6.45, 7) is 1.04. The molecule has 0 unspecified atom stereocenters. The molecule has 8 nitrogen and oxygen atoms in total. The Morgan fingerprint density at radius 2 is 1.76 bits per heavy atom. The monoisotopic (exact) mass is 508 g/mol. The van der Waals surface area contributed by atoms with E-state index in [0.717, 1.165) is 44.1 Å². The lowest BCUT2D eigenvalue weighted by Gasteiger charge is -2.37. The summed E-state index contributed by atoms with van der Waals surface area (Å²) < 4.78 is 23.2. The average molecular weight is 509 g/mol. The molecule has 2 fully saturated rings. The van der Waals surface area contributed by atoms with Crippen LogP contribution < -0.4 is 19.5 Å². The molecule has 37 heavy (non-hydrogen) atoms. The van der Waals surface area contributed by atoms with Gasteiger partial charge in [-0.1, -0.05) is 43.5 Å². The van der Waals surface area contributed by atoms with Crippen molar-refractivity contribution in [3.8, 4) is 17.2 Å². The van der Waals surface area contributed by atoms with Crippen LogP contribution in [0.15, 0.2) is 48.5 Å². The van der Waals surface area contributed by atoms with Gasteiger partial charge in [-0.25, -0.2) is 0 Å². The Bertz CT molecular complexity index is 1060. The fourth-order valence-electron chi connectivity index (χ4n) is 5.44. The first-order chi connectivity index (χ1) is 18.1. The minimum Gasteiger partial charge on any atom is -0.497 e.